The number of aromatic amines is 1. The fraction of sp³-hybridized carbons (Fsp3) is 0.273. The minimum atomic E-state index is -0.706. The van der Waals surface area contributed by atoms with Crippen molar-refractivity contribution in [3.8, 4) is 0 Å². The number of nitrogens with one attached hydrogen (secondary N) is 2. The van der Waals surface area contributed by atoms with Gasteiger partial charge in [-0.1, -0.05) is 17.7 Å². The smallest absolute Gasteiger partial charge is 0.246 e. The molecule has 88 valence electrons. The number of halogens is 1. The van der Waals surface area contributed by atoms with E-state index >= 15 is 0 Å². The van der Waals surface area contributed by atoms with Gasteiger partial charge in [0.15, 0.2) is 0 Å². The van der Waals surface area contributed by atoms with Gasteiger partial charge in [0.2, 0.25) is 11.9 Å². The first kappa shape index (κ1) is 10.6. The standard InChI is InChI=1S/C11H11ClN4O/c12-6-2-1-3-7-8(6)15-10(14-7)16-9(17)11(13)4-5-11/h1-3H,4-5,13H2,(H2,14,15,16,17). The van der Waals surface area contributed by atoms with E-state index in [0.29, 0.717) is 16.5 Å². The third kappa shape index (κ3) is 1.77. The molecule has 0 unspecified atom stereocenters. The second-order valence-electron chi connectivity index (χ2n) is 4.33. The Morgan fingerprint density at radius 3 is 2.94 bits per heavy atom. The molecule has 3 rings (SSSR count). The number of fused-ring (bicyclic) bond motifs is 1. The van der Waals surface area contributed by atoms with Gasteiger partial charge in [0.05, 0.1) is 16.1 Å². The summed E-state index contributed by atoms with van der Waals surface area (Å²) in [5.74, 6) is 0.183. The number of hydrogen-bond acceptors (Lipinski definition) is 3. The van der Waals surface area contributed by atoms with Crippen molar-refractivity contribution in [3.63, 3.8) is 0 Å². The Labute approximate surface area is 102 Å². The second-order valence-corrected chi connectivity index (χ2v) is 4.74. The minimum Gasteiger partial charge on any atom is -0.324 e. The van der Waals surface area contributed by atoms with Crippen LogP contribution < -0.4 is 11.1 Å². The lowest BCUT2D eigenvalue weighted by atomic mass is 10.3. The molecule has 1 saturated carbocycles. The van der Waals surface area contributed by atoms with Crippen LogP contribution in [0.4, 0.5) is 5.95 Å². The van der Waals surface area contributed by atoms with Crippen LogP contribution in [0.1, 0.15) is 12.8 Å². The number of hydrogen-bond donors (Lipinski definition) is 3. The number of H-pyrrole nitrogens is 1. The highest BCUT2D eigenvalue weighted by molar-refractivity contribution is 6.35. The zero-order valence-corrected chi connectivity index (χ0v) is 9.71. The summed E-state index contributed by atoms with van der Waals surface area (Å²) in [5.41, 5.74) is 6.51. The fourth-order valence-corrected chi connectivity index (χ4v) is 1.87. The van der Waals surface area contributed by atoms with Crippen LogP contribution in [0.3, 0.4) is 0 Å². The number of imidazole rings is 1. The summed E-state index contributed by atoms with van der Waals surface area (Å²) < 4.78 is 0. The fourth-order valence-electron chi connectivity index (χ4n) is 1.65. The topological polar surface area (TPSA) is 83.8 Å². The van der Waals surface area contributed by atoms with E-state index in [1.807, 2.05) is 12.1 Å². The summed E-state index contributed by atoms with van der Waals surface area (Å²) in [4.78, 5) is 18.9. The summed E-state index contributed by atoms with van der Waals surface area (Å²) in [6.45, 7) is 0. The first-order chi connectivity index (χ1) is 8.08. The quantitative estimate of drug-likeness (QED) is 0.758. The molecule has 0 atom stereocenters. The van der Waals surface area contributed by atoms with Gasteiger partial charge in [-0.25, -0.2) is 4.98 Å². The van der Waals surface area contributed by atoms with Crippen molar-refractivity contribution >= 4 is 34.5 Å². The molecular formula is C11H11ClN4O. The molecule has 0 aliphatic heterocycles. The third-order valence-corrected chi connectivity index (χ3v) is 3.24. The van der Waals surface area contributed by atoms with E-state index in [1.54, 1.807) is 6.07 Å². The van der Waals surface area contributed by atoms with E-state index < -0.39 is 5.54 Å². The van der Waals surface area contributed by atoms with E-state index in [-0.39, 0.29) is 5.91 Å². The zero-order chi connectivity index (χ0) is 12.0. The van der Waals surface area contributed by atoms with Crippen molar-refractivity contribution in [2.75, 3.05) is 5.32 Å². The van der Waals surface area contributed by atoms with Gasteiger partial charge in [-0.15, -0.1) is 0 Å². The number of carbonyl (C=O) groups is 1. The van der Waals surface area contributed by atoms with Crippen molar-refractivity contribution in [1.29, 1.82) is 0 Å². The predicted molar refractivity (Wildman–Crippen MR) is 65.9 cm³/mol. The maximum atomic E-state index is 11.7. The van der Waals surface area contributed by atoms with E-state index in [1.165, 1.54) is 0 Å². The second kappa shape index (κ2) is 3.45. The summed E-state index contributed by atoms with van der Waals surface area (Å²) in [5, 5.41) is 3.22. The van der Waals surface area contributed by atoms with E-state index in [2.05, 4.69) is 15.3 Å². The predicted octanol–water partition coefficient (Wildman–Crippen LogP) is 1.65. The first-order valence-corrected chi connectivity index (χ1v) is 5.71. The summed E-state index contributed by atoms with van der Waals surface area (Å²) in [6, 6.07) is 5.42. The Bertz CT molecular complexity index is 603. The van der Waals surface area contributed by atoms with Crippen LogP contribution in [0.2, 0.25) is 5.02 Å². The lowest BCUT2D eigenvalue weighted by molar-refractivity contribution is -0.118. The Hall–Kier alpha value is -1.59. The third-order valence-electron chi connectivity index (χ3n) is 2.94. The number of nitrogens with two attached hydrogens (primary N) is 1. The highest BCUT2D eigenvalue weighted by Crippen LogP contribution is 2.33. The average molecular weight is 251 g/mol. The van der Waals surface area contributed by atoms with E-state index in [0.717, 1.165) is 18.4 Å². The molecule has 1 aromatic carbocycles. The van der Waals surface area contributed by atoms with E-state index in [4.69, 9.17) is 17.3 Å². The molecule has 1 amide bonds. The first-order valence-electron chi connectivity index (χ1n) is 5.33. The van der Waals surface area contributed by atoms with Gasteiger partial charge in [0.25, 0.3) is 0 Å². The zero-order valence-electron chi connectivity index (χ0n) is 8.96. The average Bonchev–Trinajstić information content (AvgIpc) is 2.90. The van der Waals surface area contributed by atoms with E-state index in [9.17, 15) is 4.79 Å². The van der Waals surface area contributed by atoms with Crippen molar-refractivity contribution in [2.24, 2.45) is 5.73 Å². The molecule has 1 fully saturated rings. The van der Waals surface area contributed by atoms with Crippen molar-refractivity contribution in [3.05, 3.63) is 23.2 Å². The molecule has 1 aliphatic carbocycles. The maximum Gasteiger partial charge on any atom is 0.246 e. The molecule has 17 heavy (non-hydrogen) atoms. The van der Waals surface area contributed by atoms with Gasteiger partial charge < -0.3 is 10.7 Å². The van der Waals surface area contributed by atoms with Gasteiger partial charge in [0.1, 0.15) is 5.52 Å². The molecular weight excluding hydrogens is 240 g/mol. The van der Waals surface area contributed by atoms with Gasteiger partial charge in [-0.3, -0.25) is 10.1 Å². The molecule has 4 N–H and O–H groups in total. The molecule has 0 spiro atoms. The summed E-state index contributed by atoms with van der Waals surface area (Å²) in [7, 11) is 0. The van der Waals surface area contributed by atoms with Crippen LogP contribution in [0, 0.1) is 0 Å². The normalized spacial score (nSPS) is 17.1. The molecule has 2 aromatic rings. The molecule has 1 aromatic heterocycles. The molecule has 0 radical (unpaired) electrons. The van der Waals surface area contributed by atoms with Crippen molar-refractivity contribution in [2.45, 2.75) is 18.4 Å². The SMILES string of the molecule is NC1(C(=O)Nc2nc3c(Cl)cccc3[nH]2)CC1. The highest BCUT2D eigenvalue weighted by Gasteiger charge is 2.46. The molecule has 1 heterocycles. The number of para-hydroxylation sites is 1. The summed E-state index contributed by atoms with van der Waals surface area (Å²) >= 11 is 5.99. The van der Waals surface area contributed by atoms with Crippen LogP contribution in [-0.4, -0.2) is 21.4 Å². The van der Waals surface area contributed by atoms with Gasteiger partial charge in [-0.05, 0) is 25.0 Å². The molecule has 5 nitrogen and oxygen atoms in total. The van der Waals surface area contributed by atoms with Gasteiger partial charge in [0, 0.05) is 0 Å². The lowest BCUT2D eigenvalue weighted by Gasteiger charge is -2.06. The number of carbonyl (C=O) groups excluding carboxylic acids is 1. The van der Waals surface area contributed by atoms with Crippen LogP contribution in [-0.2, 0) is 4.79 Å². The number of aromatic nitrogens is 2. The highest BCUT2D eigenvalue weighted by atomic mass is 35.5. The Morgan fingerprint density at radius 1 is 1.53 bits per heavy atom. The van der Waals surface area contributed by atoms with Gasteiger partial charge in [-0.2, -0.15) is 0 Å². The van der Waals surface area contributed by atoms with Crippen LogP contribution >= 0.6 is 11.6 Å². The number of anilines is 1. The molecule has 0 bridgehead atoms. The Balaban J connectivity index is 1.91. The minimum absolute atomic E-state index is 0.201. The Morgan fingerprint density at radius 2 is 2.29 bits per heavy atom. The summed E-state index contributed by atoms with van der Waals surface area (Å²) in [6.07, 6.45) is 1.44. The van der Waals surface area contributed by atoms with Crippen LogP contribution in [0.15, 0.2) is 18.2 Å². The van der Waals surface area contributed by atoms with Gasteiger partial charge >= 0.3 is 0 Å². The maximum absolute atomic E-state index is 11.7. The molecule has 6 heteroatoms. The molecule has 1 aliphatic rings. The molecule has 0 saturated heterocycles. The number of nitrogens with zero attached hydrogens (tertiary/aromatic N) is 1. The van der Waals surface area contributed by atoms with Crippen LogP contribution in [0.5, 0.6) is 0 Å². The number of rotatable bonds is 2. The largest absolute Gasteiger partial charge is 0.324 e. The monoisotopic (exact) mass is 250 g/mol. The lowest BCUT2D eigenvalue weighted by Crippen LogP contribution is -2.38. The number of benzene rings is 1. The van der Waals surface area contributed by atoms with Crippen molar-refractivity contribution in [1.82, 2.24) is 9.97 Å². The van der Waals surface area contributed by atoms with Crippen molar-refractivity contribution < 1.29 is 4.79 Å². The number of amides is 1. The Kier molecular flexibility index (Phi) is 2.14. The van der Waals surface area contributed by atoms with Crippen LogP contribution in [0.25, 0.3) is 11.0 Å².